The number of aryl methyl sites for hydroxylation is 1. The highest BCUT2D eigenvalue weighted by atomic mass is 32.1. The molecule has 0 bridgehead atoms. The van der Waals surface area contributed by atoms with E-state index in [-0.39, 0.29) is 0 Å². The summed E-state index contributed by atoms with van der Waals surface area (Å²) in [7, 11) is 0. The molecule has 1 aromatic carbocycles. The zero-order valence-corrected chi connectivity index (χ0v) is 19.1. The topological polar surface area (TPSA) is 57.5 Å². The molecule has 1 aromatic heterocycles. The second-order valence-corrected chi connectivity index (χ2v) is 9.54. The summed E-state index contributed by atoms with van der Waals surface area (Å²) in [5.74, 6) is 2.49. The number of aliphatic hydroxyl groups excluding tert-OH is 1. The first kappa shape index (κ1) is 23.3. The number of allylic oxidation sites excluding steroid dienone is 2. The maximum atomic E-state index is 11.1. The van der Waals surface area contributed by atoms with E-state index in [1.807, 2.05) is 18.2 Å². The average molecular weight is 437 g/mol. The number of carboxylic acids is 1. The third-order valence-corrected chi connectivity index (χ3v) is 7.32. The molecule has 2 aromatic rings. The molecule has 1 aliphatic rings. The van der Waals surface area contributed by atoms with E-state index in [9.17, 15) is 9.90 Å². The monoisotopic (exact) mass is 436 g/mol. The number of carboxylic acid groups (broad SMARTS) is 1. The molecule has 0 aliphatic heterocycles. The molecule has 1 heterocycles. The third kappa shape index (κ3) is 6.09. The Morgan fingerprint density at radius 1 is 1.19 bits per heavy atom. The maximum Gasteiger partial charge on any atom is 0.345 e. The van der Waals surface area contributed by atoms with Gasteiger partial charge in [0.2, 0.25) is 0 Å². The number of rotatable bonds is 11. The number of unbranched alkanes of at least 4 members (excludes halogenated alkanes) is 2. The second-order valence-electron chi connectivity index (χ2n) is 8.37. The molecule has 2 N–H and O–H groups in total. The molecular weight excluding hydrogens is 404 g/mol. The van der Waals surface area contributed by atoms with Crippen LogP contribution in [-0.4, -0.2) is 16.2 Å². The number of benzene rings is 1. The molecule has 1 unspecified atom stereocenters. The van der Waals surface area contributed by atoms with Crippen LogP contribution in [-0.2, 0) is 6.42 Å². The number of hydrogen-bond donors (Lipinski definition) is 2. The molecule has 3 rings (SSSR count). The lowest BCUT2D eigenvalue weighted by molar-refractivity contribution is 0.0702. The summed E-state index contributed by atoms with van der Waals surface area (Å²) in [5, 5.41) is 19.5. The lowest BCUT2D eigenvalue weighted by Gasteiger charge is -2.17. The molecule has 4 heteroatoms. The standard InChI is InChI=1S/C27H32O3S/c1-3-5-6-10-24(28)20-12-15-22(16-13-20)26-19(4-2)11-14-21(26)8-7-9-23-17-18-25(31-23)27(29)30/h2,12-13,15-18,21,24,28H,3,5-11,14H2,1H3,(H,29,30)/t21-,24?/m0/s1. The Kier molecular flexibility index (Phi) is 8.51. The van der Waals surface area contributed by atoms with Crippen molar-refractivity contribution in [3.8, 4) is 12.3 Å². The Bertz CT molecular complexity index is 946. The summed E-state index contributed by atoms with van der Waals surface area (Å²) < 4.78 is 0. The molecule has 0 saturated heterocycles. The number of aliphatic hydroxyl groups is 1. The molecule has 2 atom stereocenters. The van der Waals surface area contributed by atoms with E-state index >= 15 is 0 Å². The molecule has 1 aliphatic carbocycles. The summed E-state index contributed by atoms with van der Waals surface area (Å²) >= 11 is 1.37. The predicted molar refractivity (Wildman–Crippen MR) is 128 cm³/mol. The van der Waals surface area contributed by atoms with E-state index in [1.165, 1.54) is 22.5 Å². The van der Waals surface area contributed by atoms with Crippen molar-refractivity contribution < 1.29 is 15.0 Å². The molecule has 0 spiro atoms. The van der Waals surface area contributed by atoms with Crippen LogP contribution in [0.3, 0.4) is 0 Å². The third-order valence-electron chi connectivity index (χ3n) is 6.19. The van der Waals surface area contributed by atoms with Crippen LogP contribution in [0.1, 0.15) is 90.1 Å². The van der Waals surface area contributed by atoms with Crippen LogP contribution < -0.4 is 0 Å². The highest BCUT2D eigenvalue weighted by Gasteiger charge is 2.26. The average Bonchev–Trinajstić information content (AvgIpc) is 3.41. The molecule has 0 saturated carbocycles. The molecule has 3 nitrogen and oxygen atoms in total. The molecule has 164 valence electrons. The maximum absolute atomic E-state index is 11.1. The van der Waals surface area contributed by atoms with E-state index in [0.29, 0.717) is 10.8 Å². The zero-order valence-electron chi connectivity index (χ0n) is 18.3. The van der Waals surface area contributed by atoms with Gasteiger partial charge >= 0.3 is 5.97 Å². The van der Waals surface area contributed by atoms with Crippen LogP contribution in [0.2, 0.25) is 0 Å². The fourth-order valence-corrected chi connectivity index (χ4v) is 5.37. The first-order valence-electron chi connectivity index (χ1n) is 11.3. The van der Waals surface area contributed by atoms with Crippen LogP contribution >= 0.6 is 11.3 Å². The minimum atomic E-state index is -0.852. The molecular formula is C27H32O3S. The summed E-state index contributed by atoms with van der Waals surface area (Å²) in [4.78, 5) is 12.6. The van der Waals surface area contributed by atoms with Crippen LogP contribution in [0.4, 0.5) is 0 Å². The predicted octanol–water partition coefficient (Wildman–Crippen LogP) is 6.88. The van der Waals surface area contributed by atoms with Gasteiger partial charge in [-0.15, -0.1) is 17.8 Å². The zero-order chi connectivity index (χ0) is 22.2. The van der Waals surface area contributed by atoms with Crippen molar-refractivity contribution in [3.05, 3.63) is 62.9 Å². The summed E-state index contributed by atoms with van der Waals surface area (Å²) in [6.07, 6.45) is 14.6. The van der Waals surface area contributed by atoms with Crippen LogP contribution in [0.25, 0.3) is 5.57 Å². The van der Waals surface area contributed by atoms with E-state index in [2.05, 4.69) is 25.0 Å². The molecule has 0 fully saturated rings. The smallest absolute Gasteiger partial charge is 0.345 e. The van der Waals surface area contributed by atoms with Crippen molar-refractivity contribution >= 4 is 22.9 Å². The van der Waals surface area contributed by atoms with Gasteiger partial charge in [0.05, 0.1) is 6.10 Å². The van der Waals surface area contributed by atoms with E-state index < -0.39 is 12.1 Å². The van der Waals surface area contributed by atoms with Crippen LogP contribution in [0.5, 0.6) is 0 Å². The first-order chi connectivity index (χ1) is 15.0. The fraction of sp³-hybridized carbons (Fsp3) is 0.444. The minimum absolute atomic E-state index is 0.400. The highest BCUT2D eigenvalue weighted by Crippen LogP contribution is 2.41. The van der Waals surface area contributed by atoms with Crippen LogP contribution in [0.15, 0.2) is 42.0 Å². The SMILES string of the molecule is C#CC1=C(c2ccc(C(O)CCCCC)cc2)[C@@H](CCCc2ccc(C(=O)O)s2)CC1. The Hall–Kier alpha value is -2.35. The van der Waals surface area contributed by atoms with Gasteiger partial charge in [0.15, 0.2) is 0 Å². The summed E-state index contributed by atoms with van der Waals surface area (Å²) in [6.45, 7) is 2.17. The van der Waals surface area contributed by atoms with Crippen molar-refractivity contribution in [2.24, 2.45) is 5.92 Å². The Morgan fingerprint density at radius 3 is 2.61 bits per heavy atom. The van der Waals surface area contributed by atoms with Gasteiger partial charge in [-0.2, -0.15) is 0 Å². The summed E-state index contributed by atoms with van der Waals surface area (Å²) in [5.41, 5.74) is 4.53. The van der Waals surface area contributed by atoms with Crippen molar-refractivity contribution in [1.29, 1.82) is 0 Å². The Balaban J connectivity index is 1.63. The van der Waals surface area contributed by atoms with Gasteiger partial charge in [-0.05, 0) is 73.3 Å². The molecule has 31 heavy (non-hydrogen) atoms. The highest BCUT2D eigenvalue weighted by molar-refractivity contribution is 7.13. The first-order valence-corrected chi connectivity index (χ1v) is 12.1. The lowest BCUT2D eigenvalue weighted by Crippen LogP contribution is -2.02. The van der Waals surface area contributed by atoms with Crippen molar-refractivity contribution in [1.82, 2.24) is 0 Å². The Labute approximate surface area is 189 Å². The van der Waals surface area contributed by atoms with Crippen molar-refractivity contribution in [2.45, 2.75) is 70.8 Å². The van der Waals surface area contributed by atoms with Gasteiger partial charge in [-0.25, -0.2) is 4.79 Å². The van der Waals surface area contributed by atoms with Gasteiger partial charge < -0.3 is 10.2 Å². The van der Waals surface area contributed by atoms with Crippen molar-refractivity contribution in [3.63, 3.8) is 0 Å². The van der Waals surface area contributed by atoms with E-state index in [1.54, 1.807) is 6.07 Å². The largest absolute Gasteiger partial charge is 0.477 e. The normalized spacial score (nSPS) is 17.0. The number of terminal acetylenes is 1. The van der Waals surface area contributed by atoms with E-state index in [4.69, 9.17) is 11.5 Å². The van der Waals surface area contributed by atoms with Gasteiger partial charge in [0.25, 0.3) is 0 Å². The second kappa shape index (κ2) is 11.3. The quantitative estimate of drug-likeness (QED) is 0.298. The molecule has 0 radical (unpaired) electrons. The van der Waals surface area contributed by atoms with E-state index in [0.717, 1.165) is 73.8 Å². The summed E-state index contributed by atoms with van der Waals surface area (Å²) in [6, 6.07) is 11.9. The van der Waals surface area contributed by atoms with Gasteiger partial charge in [-0.3, -0.25) is 0 Å². The molecule has 0 amide bonds. The van der Waals surface area contributed by atoms with Gasteiger partial charge in [0.1, 0.15) is 4.88 Å². The fourth-order valence-electron chi connectivity index (χ4n) is 4.48. The van der Waals surface area contributed by atoms with Gasteiger partial charge in [0, 0.05) is 10.5 Å². The number of thiophene rings is 1. The number of carbonyl (C=O) groups is 1. The van der Waals surface area contributed by atoms with Crippen LogP contribution in [0, 0.1) is 18.3 Å². The lowest BCUT2D eigenvalue weighted by atomic mass is 9.88. The number of hydrogen-bond acceptors (Lipinski definition) is 3. The van der Waals surface area contributed by atoms with Crippen molar-refractivity contribution in [2.75, 3.05) is 0 Å². The number of aromatic carboxylic acids is 1. The Morgan fingerprint density at radius 2 is 1.97 bits per heavy atom. The minimum Gasteiger partial charge on any atom is -0.477 e. The van der Waals surface area contributed by atoms with Gasteiger partial charge in [-0.1, -0.05) is 56.4 Å².